The summed E-state index contributed by atoms with van der Waals surface area (Å²) in [6.45, 7) is 2.32. The summed E-state index contributed by atoms with van der Waals surface area (Å²) in [6, 6.07) is 0. The smallest absolute Gasteiger partial charge is 0.324 e. The Hall–Kier alpha value is -0.670. The first-order chi connectivity index (χ1) is 5.58. The van der Waals surface area contributed by atoms with Gasteiger partial charge in [0.1, 0.15) is 0 Å². The number of halogens is 2. The average Bonchev–Trinajstić information content (AvgIpc) is 2.55. The van der Waals surface area contributed by atoms with Crippen molar-refractivity contribution in [1.29, 1.82) is 0 Å². The van der Waals surface area contributed by atoms with Gasteiger partial charge in [0.2, 0.25) is 0 Å². The maximum Gasteiger partial charge on any atom is 0.324 e. The minimum atomic E-state index is -3.15. The fourth-order valence-electron chi connectivity index (χ4n) is 1.30. The maximum absolute atomic E-state index is 12.8. The summed E-state index contributed by atoms with van der Waals surface area (Å²) in [5.74, 6) is -4.15. The molecule has 1 saturated heterocycles. The zero-order valence-electron chi connectivity index (χ0n) is 7.15. The average molecular weight is 177 g/mol. The summed E-state index contributed by atoms with van der Waals surface area (Å²) in [5, 5.41) is 0. The highest BCUT2D eigenvalue weighted by atomic mass is 19.3. The lowest BCUT2D eigenvalue weighted by molar-refractivity contribution is -0.156. The molecule has 1 fully saturated rings. The van der Waals surface area contributed by atoms with Crippen LogP contribution in [0.15, 0.2) is 0 Å². The molecule has 0 aliphatic carbocycles. The Kier molecular flexibility index (Phi) is 2.65. The lowest BCUT2D eigenvalue weighted by Gasteiger charge is -2.21. The van der Waals surface area contributed by atoms with Crippen LogP contribution in [-0.2, 0) is 4.79 Å². The summed E-state index contributed by atoms with van der Waals surface area (Å²) in [5.41, 5.74) is 0. The Morgan fingerprint density at radius 1 is 1.42 bits per heavy atom. The van der Waals surface area contributed by atoms with Crippen LogP contribution in [0.3, 0.4) is 0 Å². The van der Waals surface area contributed by atoms with E-state index in [1.54, 1.807) is 0 Å². The molecule has 70 valence electrons. The molecule has 0 bridgehead atoms. The fraction of sp³-hybridized carbons (Fsp3) is 0.875. The molecule has 1 amide bonds. The molecular weight excluding hydrogens is 164 g/mol. The van der Waals surface area contributed by atoms with E-state index in [9.17, 15) is 13.6 Å². The van der Waals surface area contributed by atoms with E-state index >= 15 is 0 Å². The summed E-state index contributed by atoms with van der Waals surface area (Å²) < 4.78 is 25.6. The third kappa shape index (κ3) is 1.73. The van der Waals surface area contributed by atoms with Crippen LogP contribution in [-0.4, -0.2) is 29.8 Å². The molecule has 0 N–H and O–H groups in total. The topological polar surface area (TPSA) is 20.3 Å². The van der Waals surface area contributed by atoms with E-state index in [0.717, 1.165) is 12.8 Å². The van der Waals surface area contributed by atoms with Gasteiger partial charge in [-0.25, -0.2) is 0 Å². The maximum atomic E-state index is 12.8. The van der Waals surface area contributed by atoms with Crippen molar-refractivity contribution in [2.75, 3.05) is 13.1 Å². The van der Waals surface area contributed by atoms with Crippen LogP contribution >= 0.6 is 0 Å². The molecule has 1 aliphatic rings. The van der Waals surface area contributed by atoms with Gasteiger partial charge in [0.05, 0.1) is 0 Å². The molecule has 1 aliphatic heterocycles. The third-order valence-electron chi connectivity index (χ3n) is 2.15. The molecule has 2 nitrogen and oxygen atoms in total. The van der Waals surface area contributed by atoms with E-state index < -0.39 is 18.3 Å². The Morgan fingerprint density at radius 2 is 1.92 bits per heavy atom. The zero-order valence-corrected chi connectivity index (χ0v) is 7.15. The number of alkyl halides is 2. The highest BCUT2D eigenvalue weighted by Gasteiger charge is 2.40. The van der Waals surface area contributed by atoms with Crippen molar-refractivity contribution >= 4 is 5.91 Å². The first-order valence-corrected chi connectivity index (χ1v) is 4.25. The van der Waals surface area contributed by atoms with Crippen molar-refractivity contribution in [3.63, 3.8) is 0 Å². The number of carbonyl (C=O) groups is 1. The minimum Gasteiger partial charge on any atom is -0.337 e. The molecule has 0 aromatic heterocycles. The van der Waals surface area contributed by atoms with Crippen molar-refractivity contribution in [1.82, 2.24) is 4.90 Å². The van der Waals surface area contributed by atoms with Crippen LogP contribution in [0, 0.1) is 0 Å². The van der Waals surface area contributed by atoms with Gasteiger partial charge in [0.25, 0.3) is 5.91 Å². The first kappa shape index (κ1) is 9.42. The first-order valence-electron chi connectivity index (χ1n) is 4.25. The molecule has 0 aromatic carbocycles. The quantitative estimate of drug-likeness (QED) is 0.628. The van der Waals surface area contributed by atoms with Gasteiger partial charge in [-0.1, -0.05) is 6.92 Å². The van der Waals surface area contributed by atoms with Crippen LogP contribution in [0.4, 0.5) is 8.78 Å². The number of carbonyl (C=O) groups excluding carboxylic acids is 1. The number of hydrogen-bond donors (Lipinski definition) is 0. The van der Waals surface area contributed by atoms with Crippen LogP contribution in [0.1, 0.15) is 26.2 Å². The van der Waals surface area contributed by atoms with Gasteiger partial charge in [0.15, 0.2) is 0 Å². The summed E-state index contributed by atoms with van der Waals surface area (Å²) >= 11 is 0. The second-order valence-electron chi connectivity index (χ2n) is 3.06. The molecule has 0 unspecified atom stereocenters. The largest absolute Gasteiger partial charge is 0.337 e. The number of nitrogens with zero attached hydrogens (tertiary/aromatic N) is 1. The van der Waals surface area contributed by atoms with Crippen LogP contribution in [0.2, 0.25) is 0 Å². The zero-order chi connectivity index (χ0) is 9.19. The Bertz CT molecular complexity index is 176. The van der Waals surface area contributed by atoms with Gasteiger partial charge in [-0.05, 0) is 12.8 Å². The van der Waals surface area contributed by atoms with Crippen molar-refractivity contribution < 1.29 is 13.6 Å². The van der Waals surface area contributed by atoms with Crippen LogP contribution < -0.4 is 0 Å². The molecule has 1 heterocycles. The number of likely N-dealkylation sites (tertiary alicyclic amines) is 1. The van der Waals surface area contributed by atoms with Gasteiger partial charge in [-0.15, -0.1) is 0 Å². The third-order valence-corrected chi connectivity index (χ3v) is 2.15. The van der Waals surface area contributed by atoms with Gasteiger partial charge < -0.3 is 4.90 Å². The van der Waals surface area contributed by atoms with Crippen molar-refractivity contribution in [2.45, 2.75) is 32.1 Å². The fourth-order valence-corrected chi connectivity index (χ4v) is 1.30. The second-order valence-corrected chi connectivity index (χ2v) is 3.06. The van der Waals surface area contributed by atoms with Crippen LogP contribution in [0.5, 0.6) is 0 Å². The summed E-state index contributed by atoms with van der Waals surface area (Å²) in [4.78, 5) is 12.3. The van der Waals surface area contributed by atoms with E-state index in [1.807, 2.05) is 0 Å². The second kappa shape index (κ2) is 3.37. The lowest BCUT2D eigenvalue weighted by atomic mass is 10.2. The molecule has 0 spiro atoms. The number of hydrogen-bond acceptors (Lipinski definition) is 1. The summed E-state index contributed by atoms with van der Waals surface area (Å²) in [6.07, 6.45) is 1.30. The van der Waals surface area contributed by atoms with Crippen molar-refractivity contribution in [3.05, 3.63) is 0 Å². The van der Waals surface area contributed by atoms with Crippen molar-refractivity contribution in [2.24, 2.45) is 0 Å². The lowest BCUT2D eigenvalue weighted by Crippen LogP contribution is -2.41. The molecular formula is C8H13F2NO. The minimum absolute atomic E-state index is 0.400. The van der Waals surface area contributed by atoms with E-state index in [-0.39, 0.29) is 0 Å². The van der Waals surface area contributed by atoms with Gasteiger partial charge >= 0.3 is 5.92 Å². The Morgan fingerprint density at radius 3 is 2.33 bits per heavy atom. The van der Waals surface area contributed by atoms with Gasteiger partial charge in [-0.2, -0.15) is 8.78 Å². The van der Waals surface area contributed by atoms with E-state index in [4.69, 9.17) is 0 Å². The number of amides is 1. The van der Waals surface area contributed by atoms with E-state index in [0.29, 0.717) is 13.1 Å². The Balaban J connectivity index is 2.56. The van der Waals surface area contributed by atoms with Gasteiger partial charge in [0, 0.05) is 19.5 Å². The molecule has 0 atom stereocenters. The standard InChI is InChI=1S/C8H13F2NO/c1-2-8(9,10)7(12)11-5-3-4-6-11/h2-6H2,1H3. The highest BCUT2D eigenvalue weighted by Crippen LogP contribution is 2.23. The molecule has 12 heavy (non-hydrogen) atoms. The van der Waals surface area contributed by atoms with Crippen molar-refractivity contribution in [3.8, 4) is 0 Å². The monoisotopic (exact) mass is 177 g/mol. The molecule has 0 radical (unpaired) electrons. The Labute approximate surface area is 70.5 Å². The predicted octanol–water partition coefficient (Wildman–Crippen LogP) is 1.65. The highest BCUT2D eigenvalue weighted by molar-refractivity contribution is 5.83. The predicted molar refractivity (Wildman–Crippen MR) is 41.1 cm³/mol. The van der Waals surface area contributed by atoms with E-state index in [2.05, 4.69) is 0 Å². The van der Waals surface area contributed by atoms with Crippen LogP contribution in [0.25, 0.3) is 0 Å². The molecule has 0 aromatic rings. The molecule has 1 rings (SSSR count). The van der Waals surface area contributed by atoms with E-state index in [1.165, 1.54) is 11.8 Å². The number of rotatable bonds is 2. The molecule has 0 saturated carbocycles. The normalized spacial score (nSPS) is 18.4. The summed E-state index contributed by atoms with van der Waals surface area (Å²) in [7, 11) is 0. The van der Waals surface area contributed by atoms with Gasteiger partial charge in [-0.3, -0.25) is 4.79 Å². The molecule has 4 heteroatoms. The SMILES string of the molecule is CCC(F)(F)C(=O)N1CCCC1.